The molecule has 0 spiro atoms. The van der Waals surface area contributed by atoms with Crippen LogP contribution in [0.4, 0.5) is 5.82 Å². The molecule has 0 bridgehead atoms. The highest BCUT2D eigenvalue weighted by molar-refractivity contribution is 6.21. The molecule has 0 unspecified atom stereocenters. The molecule has 25 heavy (non-hydrogen) atoms. The number of carbonyl (C=O) groups is 2. The van der Waals surface area contributed by atoms with Crippen molar-refractivity contribution in [3.63, 3.8) is 0 Å². The van der Waals surface area contributed by atoms with Crippen molar-refractivity contribution in [3.8, 4) is 0 Å². The number of imide groups is 1. The quantitative estimate of drug-likeness (QED) is 0.709. The van der Waals surface area contributed by atoms with Gasteiger partial charge in [-0.25, -0.2) is 4.98 Å². The number of aliphatic hydroxyl groups excluding tert-OH is 1. The average Bonchev–Trinajstić information content (AvgIpc) is 3.05. The second kappa shape index (κ2) is 5.42. The number of aromatic nitrogens is 2. The summed E-state index contributed by atoms with van der Waals surface area (Å²) in [7, 11) is 0. The van der Waals surface area contributed by atoms with Crippen molar-refractivity contribution in [3.05, 3.63) is 58.8 Å². The van der Waals surface area contributed by atoms with E-state index in [0.29, 0.717) is 33.7 Å². The van der Waals surface area contributed by atoms with E-state index in [1.165, 1.54) is 4.90 Å². The molecule has 1 aliphatic rings. The fourth-order valence-corrected chi connectivity index (χ4v) is 3.18. The van der Waals surface area contributed by atoms with Crippen LogP contribution in [0.3, 0.4) is 0 Å². The predicted octanol–water partition coefficient (Wildman–Crippen LogP) is 1.67. The Morgan fingerprint density at radius 3 is 2.36 bits per heavy atom. The molecular formula is C18H16N4O3. The Labute approximate surface area is 143 Å². The molecule has 3 heterocycles. The Kier molecular flexibility index (Phi) is 3.33. The first-order valence-corrected chi connectivity index (χ1v) is 7.82. The highest BCUT2D eigenvalue weighted by atomic mass is 16.3. The molecule has 7 nitrogen and oxygen atoms in total. The monoisotopic (exact) mass is 336 g/mol. The summed E-state index contributed by atoms with van der Waals surface area (Å²) in [6.45, 7) is 1.61. The van der Waals surface area contributed by atoms with Crippen LogP contribution in [0.5, 0.6) is 0 Å². The summed E-state index contributed by atoms with van der Waals surface area (Å²) >= 11 is 0. The number of fused-ring (bicyclic) bond motifs is 2. The zero-order valence-corrected chi connectivity index (χ0v) is 13.6. The number of nitrogens with two attached hydrogens (primary N) is 1. The summed E-state index contributed by atoms with van der Waals surface area (Å²) in [5.74, 6) is -0.257. The lowest BCUT2D eigenvalue weighted by Crippen LogP contribution is -2.30. The summed E-state index contributed by atoms with van der Waals surface area (Å²) in [6, 6.07) is 10.3. The Morgan fingerprint density at radius 1 is 1.12 bits per heavy atom. The molecule has 0 fully saturated rings. The smallest absolute Gasteiger partial charge is 0.261 e. The van der Waals surface area contributed by atoms with Crippen molar-refractivity contribution < 1.29 is 14.7 Å². The molecule has 126 valence electrons. The van der Waals surface area contributed by atoms with Gasteiger partial charge < -0.3 is 15.4 Å². The number of nitrogens with zero attached hydrogens (tertiary/aromatic N) is 3. The number of rotatable bonds is 3. The van der Waals surface area contributed by atoms with E-state index in [0.717, 1.165) is 5.56 Å². The van der Waals surface area contributed by atoms with E-state index in [2.05, 4.69) is 4.98 Å². The molecule has 2 aromatic heterocycles. The van der Waals surface area contributed by atoms with Gasteiger partial charge in [0.2, 0.25) is 0 Å². The lowest BCUT2D eigenvalue weighted by atomic mass is 10.1. The molecule has 2 amide bonds. The number of anilines is 1. The van der Waals surface area contributed by atoms with Gasteiger partial charge in [0, 0.05) is 5.69 Å². The Morgan fingerprint density at radius 2 is 1.76 bits per heavy atom. The summed E-state index contributed by atoms with van der Waals surface area (Å²) in [5.41, 5.74) is 9.39. The van der Waals surface area contributed by atoms with Crippen LogP contribution in [0.25, 0.3) is 11.0 Å². The van der Waals surface area contributed by atoms with Crippen molar-refractivity contribution in [1.29, 1.82) is 0 Å². The van der Waals surface area contributed by atoms with Crippen LogP contribution in [-0.4, -0.2) is 31.4 Å². The number of benzene rings is 1. The second-order valence-electron chi connectivity index (χ2n) is 6.04. The third-order valence-electron chi connectivity index (χ3n) is 4.54. The molecule has 0 radical (unpaired) electrons. The zero-order chi connectivity index (χ0) is 17.7. The first-order valence-electron chi connectivity index (χ1n) is 7.82. The molecule has 0 saturated heterocycles. The first-order chi connectivity index (χ1) is 12.0. The van der Waals surface area contributed by atoms with Gasteiger partial charge in [-0.05, 0) is 36.8 Å². The van der Waals surface area contributed by atoms with Crippen LogP contribution in [-0.2, 0) is 13.3 Å². The number of hydrogen-bond acceptors (Lipinski definition) is 5. The maximum atomic E-state index is 12.5. The Hall–Kier alpha value is -3.19. The fraction of sp³-hybridized carbons (Fsp3) is 0.167. The third-order valence-corrected chi connectivity index (χ3v) is 4.54. The van der Waals surface area contributed by atoms with Crippen LogP contribution in [0.15, 0.2) is 36.4 Å². The van der Waals surface area contributed by atoms with Gasteiger partial charge in [0.25, 0.3) is 11.8 Å². The summed E-state index contributed by atoms with van der Waals surface area (Å²) in [6.07, 6.45) is 0. The van der Waals surface area contributed by atoms with Gasteiger partial charge in [0.05, 0.1) is 28.7 Å². The van der Waals surface area contributed by atoms with Crippen molar-refractivity contribution >= 4 is 28.7 Å². The number of nitrogen functional groups attached to an aromatic ring is 1. The van der Waals surface area contributed by atoms with E-state index in [1.807, 2.05) is 13.0 Å². The lowest BCUT2D eigenvalue weighted by molar-refractivity contribution is 0.0635. The first kappa shape index (κ1) is 15.3. The number of amides is 2. The van der Waals surface area contributed by atoms with Crippen LogP contribution in [0.2, 0.25) is 0 Å². The molecule has 0 atom stereocenters. The highest BCUT2D eigenvalue weighted by Crippen LogP contribution is 2.27. The molecule has 3 N–H and O–H groups in total. The van der Waals surface area contributed by atoms with Crippen molar-refractivity contribution in [2.45, 2.75) is 20.2 Å². The summed E-state index contributed by atoms with van der Waals surface area (Å²) < 4.78 is 1.62. The minimum atomic E-state index is -0.334. The predicted molar refractivity (Wildman–Crippen MR) is 91.7 cm³/mol. The van der Waals surface area contributed by atoms with Crippen LogP contribution in [0, 0.1) is 6.92 Å². The van der Waals surface area contributed by atoms with Crippen LogP contribution in [0.1, 0.15) is 32.0 Å². The molecule has 1 aliphatic heterocycles. The topological polar surface area (TPSA) is 101 Å². The molecule has 4 rings (SSSR count). The van der Waals surface area contributed by atoms with Gasteiger partial charge in [-0.1, -0.05) is 12.1 Å². The molecule has 1 aromatic carbocycles. The largest absolute Gasteiger partial charge is 0.383 e. The second-order valence-corrected chi connectivity index (χ2v) is 6.04. The third kappa shape index (κ3) is 2.20. The van der Waals surface area contributed by atoms with E-state index in [1.54, 1.807) is 34.9 Å². The molecule has 0 saturated carbocycles. The molecule has 3 aromatic rings. The summed E-state index contributed by atoms with van der Waals surface area (Å²) in [5, 5.41) is 9.76. The number of hydrogen-bond donors (Lipinski definition) is 2. The van der Waals surface area contributed by atoms with E-state index in [-0.39, 0.29) is 25.1 Å². The Bertz CT molecular complexity index is 1000. The Balaban J connectivity index is 1.77. The van der Waals surface area contributed by atoms with E-state index < -0.39 is 0 Å². The van der Waals surface area contributed by atoms with E-state index in [9.17, 15) is 14.7 Å². The molecule has 7 heteroatoms. The number of pyridine rings is 1. The SMILES string of the molecule is Cc1cc2c(cc(CN3C(=O)c4ccccc4C3=O)n2CO)nc1N. The van der Waals surface area contributed by atoms with Gasteiger partial charge in [0.1, 0.15) is 12.5 Å². The van der Waals surface area contributed by atoms with E-state index >= 15 is 0 Å². The zero-order valence-electron chi connectivity index (χ0n) is 13.6. The maximum absolute atomic E-state index is 12.5. The van der Waals surface area contributed by atoms with Gasteiger partial charge in [-0.2, -0.15) is 0 Å². The van der Waals surface area contributed by atoms with Crippen LogP contribution < -0.4 is 5.73 Å². The van der Waals surface area contributed by atoms with E-state index in [4.69, 9.17) is 5.73 Å². The van der Waals surface area contributed by atoms with Gasteiger partial charge in [-0.15, -0.1) is 0 Å². The van der Waals surface area contributed by atoms with Crippen LogP contribution >= 0.6 is 0 Å². The fourth-order valence-electron chi connectivity index (χ4n) is 3.18. The van der Waals surface area contributed by atoms with Crippen molar-refractivity contribution in [2.24, 2.45) is 0 Å². The maximum Gasteiger partial charge on any atom is 0.261 e. The number of aryl methyl sites for hydroxylation is 1. The number of carbonyl (C=O) groups excluding carboxylic acids is 2. The standard InChI is InChI=1S/C18H16N4O3/c1-10-6-15-14(20-16(10)19)7-11(22(15)9-23)8-21-17(24)12-4-2-3-5-13(12)18(21)25/h2-7,23H,8-9H2,1H3,(H2,19,20). The van der Waals surface area contributed by atoms with Gasteiger partial charge in [0.15, 0.2) is 0 Å². The lowest BCUT2D eigenvalue weighted by Gasteiger charge is -2.15. The average molecular weight is 336 g/mol. The van der Waals surface area contributed by atoms with Crippen molar-refractivity contribution in [1.82, 2.24) is 14.5 Å². The highest BCUT2D eigenvalue weighted by Gasteiger charge is 2.35. The van der Waals surface area contributed by atoms with Gasteiger partial charge >= 0.3 is 0 Å². The normalized spacial score (nSPS) is 13.8. The summed E-state index contributed by atoms with van der Waals surface area (Å²) in [4.78, 5) is 30.6. The van der Waals surface area contributed by atoms with Crippen molar-refractivity contribution in [2.75, 3.05) is 5.73 Å². The number of aliphatic hydroxyl groups is 1. The minimum Gasteiger partial charge on any atom is -0.383 e. The minimum absolute atomic E-state index is 0.0578. The molecular weight excluding hydrogens is 320 g/mol. The van der Waals surface area contributed by atoms with Gasteiger partial charge in [-0.3, -0.25) is 14.5 Å². The molecule has 0 aliphatic carbocycles.